The van der Waals surface area contributed by atoms with Crippen LogP contribution in [0.1, 0.15) is 32.8 Å². The smallest absolute Gasteiger partial charge is 0.469 e. The Balaban J connectivity index is 2.77. The number of ether oxygens (including phenoxy) is 2. The van der Waals surface area contributed by atoms with Crippen LogP contribution in [0.25, 0.3) is 0 Å². The van der Waals surface area contributed by atoms with Crippen molar-refractivity contribution in [2.75, 3.05) is 7.11 Å². The summed E-state index contributed by atoms with van der Waals surface area (Å²) in [7, 11) is 0.192. The molecule has 4 atom stereocenters. The predicted molar refractivity (Wildman–Crippen MR) is 93.5 cm³/mol. The summed E-state index contributed by atoms with van der Waals surface area (Å²) < 4.78 is 26.4. The van der Waals surface area contributed by atoms with Gasteiger partial charge in [0.25, 0.3) is 0 Å². The fourth-order valence-corrected chi connectivity index (χ4v) is 3.08. The molecule has 1 N–H and O–H groups in total. The Morgan fingerprint density at radius 2 is 1.92 bits per heavy atom. The summed E-state index contributed by atoms with van der Waals surface area (Å²) in [6, 6.07) is 8.61. The molecule has 0 aliphatic heterocycles. The van der Waals surface area contributed by atoms with Crippen molar-refractivity contribution < 1.29 is 28.2 Å². The molecule has 0 spiro atoms. The van der Waals surface area contributed by atoms with Gasteiger partial charge >= 0.3 is 20.7 Å². The van der Waals surface area contributed by atoms with Gasteiger partial charge in [-0.15, -0.1) is 4.52 Å². The van der Waals surface area contributed by atoms with E-state index >= 15 is 0 Å². The van der Waals surface area contributed by atoms with Crippen molar-refractivity contribution in [3.8, 4) is 0 Å². The number of alkyl carbamates (subject to hydrolysis) is 1. The maximum Gasteiger partial charge on any atom is 0.494 e. The number of rotatable bonds is 9. The Morgan fingerprint density at radius 1 is 1.28 bits per heavy atom. The zero-order valence-corrected chi connectivity index (χ0v) is 15.9. The van der Waals surface area contributed by atoms with E-state index in [1.54, 1.807) is 20.8 Å². The van der Waals surface area contributed by atoms with Crippen LogP contribution in [-0.2, 0) is 30.0 Å². The highest BCUT2D eigenvalue weighted by Gasteiger charge is 2.48. The van der Waals surface area contributed by atoms with Crippen LogP contribution in [0, 0.1) is 5.92 Å². The quantitative estimate of drug-likeness (QED) is 0.530. The van der Waals surface area contributed by atoms with Gasteiger partial charge in [-0.05, 0) is 30.4 Å². The van der Waals surface area contributed by atoms with Crippen molar-refractivity contribution in [2.24, 2.45) is 5.92 Å². The van der Waals surface area contributed by atoms with Crippen LogP contribution >= 0.6 is 8.69 Å². The van der Waals surface area contributed by atoms with Crippen molar-refractivity contribution >= 4 is 20.7 Å². The van der Waals surface area contributed by atoms with Gasteiger partial charge in [-0.1, -0.05) is 37.3 Å². The van der Waals surface area contributed by atoms with Crippen LogP contribution in [0.15, 0.2) is 30.3 Å². The number of benzene rings is 1. The molecule has 0 aromatic heterocycles. The lowest BCUT2D eigenvalue weighted by atomic mass is 9.81. The Hall–Kier alpha value is -1.98. The van der Waals surface area contributed by atoms with Gasteiger partial charge in [0.15, 0.2) is 5.60 Å². The van der Waals surface area contributed by atoms with Crippen molar-refractivity contribution in [1.29, 1.82) is 0 Å². The molecule has 0 heterocycles. The van der Waals surface area contributed by atoms with Gasteiger partial charge in [0.05, 0.1) is 19.1 Å². The normalized spacial score (nSPS) is 15.7. The van der Waals surface area contributed by atoms with E-state index in [4.69, 9.17) is 14.0 Å². The summed E-state index contributed by atoms with van der Waals surface area (Å²) in [4.78, 5) is 24.1. The molecular formula is C17H25NO6P+. The predicted octanol–water partition coefficient (Wildman–Crippen LogP) is 3.21. The summed E-state index contributed by atoms with van der Waals surface area (Å²) in [5.74, 6) is -1.18. The van der Waals surface area contributed by atoms with Crippen LogP contribution < -0.4 is 5.32 Å². The van der Waals surface area contributed by atoms with Gasteiger partial charge < -0.3 is 14.8 Å². The Morgan fingerprint density at radius 3 is 2.44 bits per heavy atom. The molecule has 0 saturated carbocycles. The third-order valence-corrected chi connectivity index (χ3v) is 4.78. The monoisotopic (exact) mass is 370 g/mol. The Labute approximate surface area is 149 Å². The van der Waals surface area contributed by atoms with E-state index in [2.05, 4.69) is 5.32 Å². The molecule has 8 heteroatoms. The zero-order chi connectivity index (χ0) is 18.9. The van der Waals surface area contributed by atoms with E-state index in [0.717, 1.165) is 5.56 Å². The van der Waals surface area contributed by atoms with Gasteiger partial charge in [-0.2, -0.15) is 0 Å². The second-order valence-corrected chi connectivity index (χ2v) is 6.15. The SMILES string of the molecule is CCC(C(=O)OC)C(C)(O[PH+]=O)C(C)NC(=O)OCc1ccccc1. The molecule has 1 amide bonds. The summed E-state index contributed by atoms with van der Waals surface area (Å²) >= 11 is 0. The Bertz CT molecular complexity index is 582. The second-order valence-electron chi connectivity index (χ2n) is 5.78. The second kappa shape index (κ2) is 10.1. The molecule has 0 radical (unpaired) electrons. The maximum atomic E-state index is 12.0. The van der Waals surface area contributed by atoms with Crippen molar-refractivity contribution in [3.63, 3.8) is 0 Å². The van der Waals surface area contributed by atoms with Gasteiger partial charge in [-0.3, -0.25) is 4.79 Å². The molecule has 7 nitrogen and oxygen atoms in total. The maximum absolute atomic E-state index is 12.0. The first-order chi connectivity index (χ1) is 11.9. The van der Waals surface area contributed by atoms with E-state index in [1.165, 1.54) is 7.11 Å². The fraction of sp³-hybridized carbons (Fsp3) is 0.529. The highest BCUT2D eigenvalue weighted by molar-refractivity contribution is 7.17. The van der Waals surface area contributed by atoms with Crippen LogP contribution in [-0.4, -0.2) is 30.8 Å². The fourth-order valence-electron chi connectivity index (χ4n) is 2.58. The lowest BCUT2D eigenvalue weighted by molar-refractivity contribution is -0.154. The molecule has 4 unspecified atom stereocenters. The van der Waals surface area contributed by atoms with Crippen LogP contribution in [0.4, 0.5) is 4.79 Å². The molecule has 0 fully saturated rings. The van der Waals surface area contributed by atoms with Crippen molar-refractivity contribution in [1.82, 2.24) is 5.32 Å². The number of methoxy groups -OCH3 is 1. The minimum Gasteiger partial charge on any atom is -0.469 e. The first-order valence-corrected chi connectivity index (χ1v) is 8.80. The number of carbonyl (C=O) groups excluding carboxylic acids is 2. The molecule has 0 bridgehead atoms. The lowest BCUT2D eigenvalue weighted by Gasteiger charge is -2.35. The van der Waals surface area contributed by atoms with Gasteiger partial charge in [0.2, 0.25) is 0 Å². The molecule has 25 heavy (non-hydrogen) atoms. The van der Waals surface area contributed by atoms with Crippen LogP contribution in [0.5, 0.6) is 0 Å². The largest absolute Gasteiger partial charge is 0.494 e. The first kappa shape index (κ1) is 21.1. The van der Waals surface area contributed by atoms with Crippen molar-refractivity contribution in [3.05, 3.63) is 35.9 Å². The standard InChI is InChI=1S/C17H24NO6P/c1-5-14(15(19)22-4)17(3,24-25-21)12(2)18-16(20)23-11-13-9-7-6-8-10-13/h6-10,12,14,25H,5,11H2,1-4H3/p+1. The minimum absolute atomic E-state index is 0.120. The number of amides is 1. The van der Waals surface area contributed by atoms with Crippen LogP contribution in [0.2, 0.25) is 0 Å². The average molecular weight is 370 g/mol. The molecule has 0 aliphatic rings. The number of carbonyl (C=O) groups is 2. The first-order valence-electron chi connectivity index (χ1n) is 7.99. The number of hydrogen-bond acceptors (Lipinski definition) is 6. The van der Waals surface area contributed by atoms with Gasteiger partial charge in [0.1, 0.15) is 6.61 Å². The highest BCUT2D eigenvalue weighted by atomic mass is 31.1. The average Bonchev–Trinajstić information content (AvgIpc) is 2.61. The summed E-state index contributed by atoms with van der Waals surface area (Å²) in [5.41, 5.74) is -0.347. The summed E-state index contributed by atoms with van der Waals surface area (Å²) in [6.45, 7) is 5.19. The van der Waals surface area contributed by atoms with Gasteiger partial charge in [0, 0.05) is 0 Å². The molecule has 1 aromatic carbocycles. The van der Waals surface area contributed by atoms with E-state index in [0.29, 0.717) is 6.42 Å². The number of nitrogens with one attached hydrogen (secondary N) is 1. The van der Waals surface area contributed by atoms with Gasteiger partial charge in [-0.25, -0.2) is 4.79 Å². The molecule has 0 aliphatic carbocycles. The molecule has 1 rings (SSSR count). The third kappa shape index (κ3) is 5.80. The topological polar surface area (TPSA) is 90.9 Å². The molecule has 0 saturated heterocycles. The van der Waals surface area contributed by atoms with Crippen molar-refractivity contribution in [2.45, 2.75) is 45.4 Å². The summed E-state index contributed by atoms with van der Waals surface area (Å²) in [6.07, 6.45) is -0.251. The van der Waals surface area contributed by atoms with E-state index < -0.39 is 38.3 Å². The van der Waals surface area contributed by atoms with E-state index in [9.17, 15) is 14.2 Å². The zero-order valence-electron chi connectivity index (χ0n) is 14.9. The number of hydrogen-bond donors (Lipinski definition) is 1. The molecular weight excluding hydrogens is 345 g/mol. The summed E-state index contributed by atoms with van der Waals surface area (Å²) in [5, 5.41) is 2.64. The van der Waals surface area contributed by atoms with E-state index in [1.807, 2.05) is 30.3 Å². The minimum atomic E-state index is -1.20. The van der Waals surface area contributed by atoms with Crippen LogP contribution in [0.3, 0.4) is 0 Å². The molecule has 138 valence electrons. The highest BCUT2D eigenvalue weighted by Crippen LogP contribution is 2.33. The molecule has 1 aromatic rings. The lowest BCUT2D eigenvalue weighted by Crippen LogP contribution is -2.56. The Kier molecular flexibility index (Phi) is 8.52. The number of esters is 1. The third-order valence-electron chi connectivity index (χ3n) is 4.25. The van der Waals surface area contributed by atoms with E-state index in [-0.39, 0.29) is 6.61 Å².